The largest absolute Gasteiger partial charge is 0.376 e. The van der Waals surface area contributed by atoms with Crippen molar-refractivity contribution in [2.75, 3.05) is 25.0 Å². The second-order valence-corrected chi connectivity index (χ2v) is 8.93. The first kappa shape index (κ1) is 18.0. The minimum absolute atomic E-state index is 0.325. The molecule has 0 spiro atoms. The van der Waals surface area contributed by atoms with E-state index < -0.39 is 0 Å². The van der Waals surface area contributed by atoms with E-state index >= 15 is 0 Å². The molecular weight excluding hydrogens is 368 g/mol. The summed E-state index contributed by atoms with van der Waals surface area (Å²) in [5.74, 6) is 0.983. The number of anilines is 1. The van der Waals surface area contributed by atoms with E-state index in [9.17, 15) is 0 Å². The SMILES string of the molecule is CC1CN(Cc2cccc(CNc3ncnc4sc5c(c34)CCC5)c2)CCO1. The van der Waals surface area contributed by atoms with Gasteiger partial charge in [-0.1, -0.05) is 24.3 Å². The second-order valence-electron chi connectivity index (χ2n) is 7.85. The molecule has 0 bridgehead atoms. The minimum Gasteiger partial charge on any atom is -0.376 e. The molecule has 2 aliphatic rings. The summed E-state index contributed by atoms with van der Waals surface area (Å²) < 4.78 is 5.65. The van der Waals surface area contributed by atoms with Crippen LogP contribution >= 0.6 is 11.3 Å². The van der Waals surface area contributed by atoms with E-state index in [2.05, 4.69) is 51.4 Å². The molecule has 5 nitrogen and oxygen atoms in total. The summed E-state index contributed by atoms with van der Waals surface area (Å²) in [6.07, 6.45) is 5.62. The van der Waals surface area contributed by atoms with Gasteiger partial charge in [0.15, 0.2) is 0 Å². The summed E-state index contributed by atoms with van der Waals surface area (Å²) in [4.78, 5) is 14.2. The van der Waals surface area contributed by atoms with Crippen LogP contribution in [0.5, 0.6) is 0 Å². The van der Waals surface area contributed by atoms with Crippen molar-refractivity contribution >= 4 is 27.4 Å². The molecule has 1 aromatic carbocycles. The third kappa shape index (κ3) is 3.64. The van der Waals surface area contributed by atoms with Gasteiger partial charge >= 0.3 is 0 Å². The van der Waals surface area contributed by atoms with Crippen LogP contribution in [0.15, 0.2) is 30.6 Å². The third-order valence-corrected chi connectivity index (χ3v) is 6.88. The molecule has 1 aliphatic heterocycles. The number of hydrogen-bond donors (Lipinski definition) is 1. The molecule has 2 aromatic heterocycles. The van der Waals surface area contributed by atoms with Crippen LogP contribution in [0.1, 0.15) is 34.9 Å². The monoisotopic (exact) mass is 394 g/mol. The quantitative estimate of drug-likeness (QED) is 0.708. The smallest absolute Gasteiger partial charge is 0.138 e. The molecule has 3 heterocycles. The van der Waals surface area contributed by atoms with E-state index in [1.165, 1.54) is 39.8 Å². The van der Waals surface area contributed by atoms with E-state index in [4.69, 9.17) is 4.74 Å². The molecule has 5 rings (SSSR count). The molecule has 3 aromatic rings. The van der Waals surface area contributed by atoms with E-state index in [0.29, 0.717) is 6.10 Å². The fourth-order valence-corrected chi connectivity index (χ4v) is 5.61. The van der Waals surface area contributed by atoms with E-state index in [0.717, 1.165) is 49.9 Å². The van der Waals surface area contributed by atoms with Crippen LogP contribution in [0, 0.1) is 0 Å². The highest BCUT2D eigenvalue weighted by atomic mass is 32.1. The molecule has 0 saturated carbocycles. The molecule has 1 atom stereocenters. The lowest BCUT2D eigenvalue weighted by atomic mass is 10.1. The Balaban J connectivity index is 1.30. The number of aromatic nitrogens is 2. The van der Waals surface area contributed by atoms with Crippen molar-refractivity contribution in [1.82, 2.24) is 14.9 Å². The summed E-state index contributed by atoms with van der Waals surface area (Å²) >= 11 is 1.84. The van der Waals surface area contributed by atoms with Gasteiger partial charge in [-0.15, -0.1) is 11.3 Å². The summed E-state index contributed by atoms with van der Waals surface area (Å²) in [5, 5.41) is 4.83. The number of nitrogens with one attached hydrogen (secondary N) is 1. The standard InChI is InChI=1S/C22H26N4OS/c1-15-12-26(8-9-27-15)13-17-5-2-4-16(10-17)11-23-21-20-18-6-3-7-19(18)28-22(20)25-14-24-21/h2,4-5,10,14-15H,3,6-9,11-13H2,1H3,(H,23,24,25). The van der Waals surface area contributed by atoms with Gasteiger partial charge in [0.25, 0.3) is 0 Å². The van der Waals surface area contributed by atoms with E-state index in [-0.39, 0.29) is 0 Å². The molecule has 1 saturated heterocycles. The fraction of sp³-hybridized carbons (Fsp3) is 0.455. The maximum Gasteiger partial charge on any atom is 0.138 e. The van der Waals surface area contributed by atoms with Gasteiger partial charge < -0.3 is 10.1 Å². The lowest BCUT2D eigenvalue weighted by Gasteiger charge is -2.31. The Labute approximate surface area is 169 Å². The predicted octanol–water partition coefficient (Wildman–Crippen LogP) is 4.01. The Morgan fingerprint density at radius 3 is 3.11 bits per heavy atom. The first-order chi connectivity index (χ1) is 13.8. The van der Waals surface area contributed by atoms with Gasteiger partial charge in [-0.2, -0.15) is 0 Å². The van der Waals surface area contributed by atoms with E-state index in [1.54, 1.807) is 6.33 Å². The number of ether oxygens (including phenoxy) is 1. The van der Waals surface area contributed by atoms with Crippen LogP contribution in [0.25, 0.3) is 10.2 Å². The second kappa shape index (κ2) is 7.78. The van der Waals surface area contributed by atoms with Crippen molar-refractivity contribution in [3.8, 4) is 0 Å². The van der Waals surface area contributed by atoms with Gasteiger partial charge in [0.2, 0.25) is 0 Å². The van der Waals surface area contributed by atoms with Gasteiger partial charge in [-0.25, -0.2) is 9.97 Å². The van der Waals surface area contributed by atoms with Crippen molar-refractivity contribution in [1.29, 1.82) is 0 Å². The third-order valence-electron chi connectivity index (χ3n) is 5.68. The number of rotatable bonds is 5. The van der Waals surface area contributed by atoms with Crippen molar-refractivity contribution in [3.63, 3.8) is 0 Å². The number of nitrogens with zero attached hydrogens (tertiary/aromatic N) is 3. The van der Waals surface area contributed by atoms with Gasteiger partial charge in [0.1, 0.15) is 17.0 Å². The Morgan fingerprint density at radius 1 is 1.25 bits per heavy atom. The summed E-state index contributed by atoms with van der Waals surface area (Å²) in [7, 11) is 0. The summed E-state index contributed by atoms with van der Waals surface area (Å²) in [6.45, 7) is 6.76. The summed E-state index contributed by atoms with van der Waals surface area (Å²) in [5.41, 5.74) is 4.12. The predicted molar refractivity (Wildman–Crippen MR) is 114 cm³/mol. The Kier molecular flexibility index (Phi) is 5.01. The van der Waals surface area contributed by atoms with Crippen LogP contribution in [-0.4, -0.2) is 40.7 Å². The zero-order valence-electron chi connectivity index (χ0n) is 16.3. The first-order valence-electron chi connectivity index (χ1n) is 10.2. The lowest BCUT2D eigenvalue weighted by molar-refractivity contribution is -0.0212. The number of thiophene rings is 1. The van der Waals surface area contributed by atoms with Crippen LogP contribution in [-0.2, 0) is 30.7 Å². The Bertz CT molecular complexity index is 986. The molecule has 1 fully saturated rings. The molecule has 0 amide bonds. The van der Waals surface area contributed by atoms with Crippen molar-refractivity contribution < 1.29 is 4.74 Å². The molecular formula is C22H26N4OS. The van der Waals surface area contributed by atoms with Crippen molar-refractivity contribution in [2.45, 2.75) is 45.4 Å². The molecule has 1 aliphatic carbocycles. The highest BCUT2D eigenvalue weighted by Gasteiger charge is 2.21. The average Bonchev–Trinajstić information content (AvgIpc) is 3.28. The first-order valence-corrected chi connectivity index (χ1v) is 11.0. The average molecular weight is 395 g/mol. The van der Waals surface area contributed by atoms with Crippen LogP contribution in [0.3, 0.4) is 0 Å². The number of fused-ring (bicyclic) bond motifs is 3. The molecule has 28 heavy (non-hydrogen) atoms. The molecule has 0 radical (unpaired) electrons. The van der Waals surface area contributed by atoms with Gasteiger partial charge in [-0.05, 0) is 42.9 Å². The maximum atomic E-state index is 5.65. The van der Waals surface area contributed by atoms with Crippen LogP contribution < -0.4 is 5.32 Å². The van der Waals surface area contributed by atoms with Gasteiger partial charge in [0, 0.05) is 31.1 Å². The number of morpholine rings is 1. The summed E-state index contributed by atoms with van der Waals surface area (Å²) in [6, 6.07) is 8.88. The van der Waals surface area contributed by atoms with Crippen LogP contribution in [0.4, 0.5) is 5.82 Å². The number of hydrogen-bond acceptors (Lipinski definition) is 6. The van der Waals surface area contributed by atoms with Crippen molar-refractivity contribution in [3.05, 3.63) is 52.2 Å². The normalized spacial score (nSPS) is 19.8. The maximum absolute atomic E-state index is 5.65. The molecule has 1 N–H and O–H groups in total. The lowest BCUT2D eigenvalue weighted by Crippen LogP contribution is -2.40. The molecule has 1 unspecified atom stereocenters. The van der Waals surface area contributed by atoms with Crippen molar-refractivity contribution in [2.24, 2.45) is 0 Å². The zero-order chi connectivity index (χ0) is 18.9. The van der Waals surface area contributed by atoms with E-state index in [1.807, 2.05) is 11.3 Å². The zero-order valence-corrected chi connectivity index (χ0v) is 17.1. The number of aryl methyl sites for hydroxylation is 2. The molecule has 146 valence electrons. The Hall–Kier alpha value is -2.02. The fourth-order valence-electron chi connectivity index (χ4n) is 4.38. The highest BCUT2D eigenvalue weighted by molar-refractivity contribution is 7.19. The Morgan fingerprint density at radius 2 is 2.18 bits per heavy atom. The van der Waals surface area contributed by atoms with Gasteiger partial charge in [0.05, 0.1) is 18.1 Å². The molecule has 6 heteroatoms. The van der Waals surface area contributed by atoms with Gasteiger partial charge in [-0.3, -0.25) is 4.90 Å². The minimum atomic E-state index is 0.325. The number of benzene rings is 1. The van der Waals surface area contributed by atoms with Crippen LogP contribution in [0.2, 0.25) is 0 Å². The topological polar surface area (TPSA) is 50.3 Å². The highest BCUT2D eigenvalue weighted by Crippen LogP contribution is 2.39.